The summed E-state index contributed by atoms with van der Waals surface area (Å²) in [6, 6.07) is 21.7. The molecule has 2 aliphatic rings. The molecule has 2 unspecified atom stereocenters. The van der Waals surface area contributed by atoms with Crippen molar-refractivity contribution in [1.82, 2.24) is 0 Å². The van der Waals surface area contributed by atoms with Crippen LogP contribution in [0.4, 0.5) is 15.8 Å². The Hall–Kier alpha value is -4.58. The minimum Gasteiger partial charge on any atom is -0.497 e. The Balaban J connectivity index is 1.27. The third-order valence-electron chi connectivity index (χ3n) is 7.79. The standard InChI is InChI=1S/C32H33FN4O4/c1-21-29(19-31(38)40-3)37(35-32(21)23-6-4-22(20-34)5-7-23)24-8-10-25(11-9-24)41-26-14-16-36(17-15-26)30-18-27(39-2)12-13-28(30)33/h4-13,18,21,26,29H,14-17,19H2,1-3H3. The number of methoxy groups -OCH3 is 2. The molecule has 0 amide bonds. The van der Waals surface area contributed by atoms with Crippen LogP contribution in [0.3, 0.4) is 0 Å². The number of hydrazone groups is 1. The number of esters is 1. The second kappa shape index (κ2) is 12.3. The minimum atomic E-state index is -0.303. The number of halogens is 1. The molecule has 0 radical (unpaired) electrons. The summed E-state index contributed by atoms with van der Waals surface area (Å²) in [5.41, 5.74) is 3.73. The number of carbonyl (C=O) groups excluding carboxylic acids is 1. The number of hydrogen-bond acceptors (Lipinski definition) is 8. The molecule has 0 spiro atoms. The van der Waals surface area contributed by atoms with Gasteiger partial charge in [0.15, 0.2) is 0 Å². The SMILES string of the molecule is COC(=O)CC1C(C)C(c2ccc(C#N)cc2)=NN1c1ccc(OC2CCN(c3cc(OC)ccc3F)CC2)cc1. The molecule has 3 aromatic carbocycles. The highest BCUT2D eigenvalue weighted by Gasteiger charge is 2.37. The minimum absolute atomic E-state index is 0.0191. The smallest absolute Gasteiger partial charge is 0.307 e. The van der Waals surface area contributed by atoms with Gasteiger partial charge in [-0.15, -0.1) is 0 Å². The van der Waals surface area contributed by atoms with Crippen LogP contribution >= 0.6 is 0 Å². The molecule has 3 aromatic rings. The topological polar surface area (TPSA) is 87.4 Å². The van der Waals surface area contributed by atoms with Crippen LogP contribution in [0.1, 0.15) is 37.3 Å². The second-order valence-corrected chi connectivity index (χ2v) is 10.3. The van der Waals surface area contributed by atoms with Crippen molar-refractivity contribution in [2.75, 3.05) is 37.2 Å². The fraction of sp³-hybridized carbons (Fsp3) is 0.344. The predicted octanol–water partition coefficient (Wildman–Crippen LogP) is 5.55. The van der Waals surface area contributed by atoms with Gasteiger partial charge in [-0.1, -0.05) is 19.1 Å². The number of hydrogen-bond donors (Lipinski definition) is 0. The molecule has 0 N–H and O–H groups in total. The molecular weight excluding hydrogens is 523 g/mol. The average Bonchev–Trinajstić information content (AvgIpc) is 3.33. The lowest BCUT2D eigenvalue weighted by Crippen LogP contribution is -2.38. The summed E-state index contributed by atoms with van der Waals surface area (Å²) in [6.45, 7) is 3.41. The summed E-state index contributed by atoms with van der Waals surface area (Å²) >= 11 is 0. The largest absolute Gasteiger partial charge is 0.497 e. The molecule has 0 saturated carbocycles. The van der Waals surface area contributed by atoms with Crippen LogP contribution in [0.2, 0.25) is 0 Å². The summed E-state index contributed by atoms with van der Waals surface area (Å²) in [7, 11) is 2.96. The van der Waals surface area contributed by atoms with Gasteiger partial charge in [0.25, 0.3) is 0 Å². The van der Waals surface area contributed by atoms with E-state index in [0.717, 1.165) is 35.6 Å². The number of anilines is 2. The lowest BCUT2D eigenvalue weighted by Gasteiger charge is -2.34. The first kappa shape index (κ1) is 28.0. The van der Waals surface area contributed by atoms with Crippen molar-refractivity contribution in [2.45, 2.75) is 38.3 Å². The Bertz CT molecular complexity index is 1440. The zero-order valence-corrected chi connectivity index (χ0v) is 23.4. The Morgan fingerprint density at radius 3 is 2.34 bits per heavy atom. The zero-order chi connectivity index (χ0) is 28.9. The number of rotatable bonds is 8. The molecule has 212 valence electrons. The number of ether oxygens (including phenoxy) is 3. The molecule has 0 aromatic heterocycles. The van der Waals surface area contributed by atoms with Crippen molar-refractivity contribution in [2.24, 2.45) is 11.0 Å². The van der Waals surface area contributed by atoms with Gasteiger partial charge in [0.05, 0.1) is 55.4 Å². The van der Waals surface area contributed by atoms with E-state index in [2.05, 4.69) is 6.07 Å². The fourth-order valence-corrected chi connectivity index (χ4v) is 5.42. The average molecular weight is 557 g/mol. The first-order valence-electron chi connectivity index (χ1n) is 13.7. The summed E-state index contributed by atoms with van der Waals surface area (Å²) < 4.78 is 30.9. The van der Waals surface area contributed by atoms with Crippen molar-refractivity contribution in [1.29, 1.82) is 5.26 Å². The first-order chi connectivity index (χ1) is 19.9. The molecule has 0 bridgehead atoms. The van der Waals surface area contributed by atoms with Gasteiger partial charge < -0.3 is 19.1 Å². The van der Waals surface area contributed by atoms with Crippen LogP contribution in [0.15, 0.2) is 71.8 Å². The van der Waals surface area contributed by atoms with Crippen LogP contribution < -0.4 is 19.4 Å². The Kier molecular flexibility index (Phi) is 8.39. The van der Waals surface area contributed by atoms with Crippen molar-refractivity contribution in [3.8, 4) is 17.6 Å². The normalized spacial score (nSPS) is 19.0. The van der Waals surface area contributed by atoms with Crippen LogP contribution in [0.5, 0.6) is 11.5 Å². The van der Waals surface area contributed by atoms with Gasteiger partial charge in [0, 0.05) is 37.9 Å². The van der Waals surface area contributed by atoms with E-state index in [4.69, 9.17) is 24.6 Å². The van der Waals surface area contributed by atoms with Gasteiger partial charge in [-0.2, -0.15) is 10.4 Å². The van der Waals surface area contributed by atoms with Crippen LogP contribution in [0, 0.1) is 23.1 Å². The Labute approximate surface area is 239 Å². The van der Waals surface area contributed by atoms with Gasteiger partial charge in [0.1, 0.15) is 23.4 Å². The van der Waals surface area contributed by atoms with E-state index in [-0.39, 0.29) is 36.3 Å². The van der Waals surface area contributed by atoms with Crippen LogP contribution in [-0.2, 0) is 9.53 Å². The van der Waals surface area contributed by atoms with Crippen molar-refractivity contribution >= 4 is 23.1 Å². The highest BCUT2D eigenvalue weighted by atomic mass is 19.1. The summed E-state index contributed by atoms with van der Waals surface area (Å²) in [6.07, 6.45) is 1.74. The molecule has 9 heteroatoms. The van der Waals surface area contributed by atoms with E-state index >= 15 is 0 Å². The maximum atomic E-state index is 14.4. The molecule has 2 atom stereocenters. The molecule has 8 nitrogen and oxygen atoms in total. The molecule has 41 heavy (non-hydrogen) atoms. The van der Waals surface area contributed by atoms with Gasteiger partial charge in [-0.05, 0) is 54.1 Å². The number of benzene rings is 3. The lowest BCUT2D eigenvalue weighted by molar-refractivity contribution is -0.141. The third kappa shape index (κ3) is 6.12. The maximum Gasteiger partial charge on any atom is 0.307 e. The Morgan fingerprint density at radius 2 is 1.71 bits per heavy atom. The highest BCUT2D eigenvalue weighted by Crippen LogP contribution is 2.34. The molecular formula is C32H33FN4O4. The van der Waals surface area contributed by atoms with E-state index < -0.39 is 0 Å². The number of piperidine rings is 1. The van der Waals surface area contributed by atoms with E-state index in [0.29, 0.717) is 30.1 Å². The molecule has 5 rings (SSSR count). The summed E-state index contributed by atoms with van der Waals surface area (Å²) in [5, 5.41) is 15.9. The summed E-state index contributed by atoms with van der Waals surface area (Å²) in [4.78, 5) is 14.3. The third-order valence-corrected chi connectivity index (χ3v) is 7.79. The van der Waals surface area contributed by atoms with E-state index in [9.17, 15) is 9.18 Å². The molecule has 1 saturated heterocycles. The fourth-order valence-electron chi connectivity index (χ4n) is 5.42. The second-order valence-electron chi connectivity index (χ2n) is 10.3. The van der Waals surface area contributed by atoms with E-state index in [1.54, 1.807) is 31.4 Å². The monoisotopic (exact) mass is 556 g/mol. The number of carbonyl (C=O) groups is 1. The highest BCUT2D eigenvalue weighted by molar-refractivity contribution is 6.05. The molecule has 2 aliphatic heterocycles. The maximum absolute atomic E-state index is 14.4. The van der Waals surface area contributed by atoms with Gasteiger partial charge in [0.2, 0.25) is 0 Å². The predicted molar refractivity (Wildman–Crippen MR) is 155 cm³/mol. The van der Waals surface area contributed by atoms with Crippen molar-refractivity contribution in [3.63, 3.8) is 0 Å². The van der Waals surface area contributed by atoms with Gasteiger partial charge in [-0.3, -0.25) is 9.80 Å². The lowest BCUT2D eigenvalue weighted by atomic mass is 9.90. The molecule has 1 fully saturated rings. The van der Waals surface area contributed by atoms with E-state index in [1.807, 2.05) is 53.2 Å². The number of nitriles is 1. The quantitative estimate of drug-likeness (QED) is 0.337. The Morgan fingerprint density at radius 1 is 1.02 bits per heavy atom. The number of nitrogens with zero attached hydrogens (tertiary/aromatic N) is 4. The first-order valence-corrected chi connectivity index (χ1v) is 13.7. The summed E-state index contributed by atoms with van der Waals surface area (Å²) in [5.74, 6) is 0.774. The molecule has 0 aliphatic carbocycles. The van der Waals surface area contributed by atoms with Gasteiger partial charge >= 0.3 is 5.97 Å². The van der Waals surface area contributed by atoms with Crippen LogP contribution in [0.25, 0.3) is 0 Å². The van der Waals surface area contributed by atoms with E-state index in [1.165, 1.54) is 13.2 Å². The van der Waals surface area contributed by atoms with Crippen molar-refractivity contribution in [3.05, 3.63) is 83.7 Å². The van der Waals surface area contributed by atoms with Gasteiger partial charge in [-0.25, -0.2) is 4.39 Å². The van der Waals surface area contributed by atoms with Crippen molar-refractivity contribution < 1.29 is 23.4 Å². The zero-order valence-electron chi connectivity index (χ0n) is 23.4. The van der Waals surface area contributed by atoms with Crippen LogP contribution in [-0.4, -0.2) is 51.1 Å². The molecule has 2 heterocycles.